The van der Waals surface area contributed by atoms with Crippen LogP contribution in [0.2, 0.25) is 0 Å². The van der Waals surface area contributed by atoms with E-state index in [1.165, 1.54) is 0 Å². The van der Waals surface area contributed by atoms with Crippen LogP contribution < -0.4 is 15.5 Å². The summed E-state index contributed by atoms with van der Waals surface area (Å²) < 4.78 is 0. The minimum Gasteiger partial charge on any atom is -0.355 e. The average molecular weight is 392 g/mol. The number of anilines is 2. The molecule has 5 rings (SSSR count). The largest absolute Gasteiger partial charge is 0.355 e. The molecule has 0 aliphatic carbocycles. The fourth-order valence-corrected chi connectivity index (χ4v) is 4.65. The van der Waals surface area contributed by atoms with Crippen LogP contribution in [0.5, 0.6) is 0 Å². The third kappa shape index (κ3) is 3.17. The van der Waals surface area contributed by atoms with Crippen LogP contribution in [0.15, 0.2) is 23.3 Å². The molecule has 0 bridgehead atoms. The molecule has 29 heavy (non-hydrogen) atoms. The third-order valence-corrected chi connectivity index (χ3v) is 6.68. The fourth-order valence-electron chi connectivity index (χ4n) is 4.65. The van der Waals surface area contributed by atoms with Crippen LogP contribution in [0, 0.1) is 12.3 Å². The van der Waals surface area contributed by atoms with Crippen molar-refractivity contribution in [1.29, 1.82) is 0 Å². The number of hydrogen-bond donors (Lipinski definition) is 1. The van der Waals surface area contributed by atoms with Gasteiger partial charge in [0.2, 0.25) is 0 Å². The van der Waals surface area contributed by atoms with E-state index in [0.717, 1.165) is 92.0 Å². The van der Waals surface area contributed by atoms with E-state index in [2.05, 4.69) is 34.7 Å². The van der Waals surface area contributed by atoms with Crippen molar-refractivity contribution >= 4 is 17.3 Å². The van der Waals surface area contributed by atoms with Gasteiger partial charge in [-0.1, -0.05) is 6.92 Å². The number of pyridine rings is 1. The number of rotatable bonds is 2. The highest BCUT2D eigenvalue weighted by Crippen LogP contribution is 2.34. The maximum atomic E-state index is 5.97. The topological polar surface area (TPSA) is 83.5 Å². The maximum Gasteiger partial charge on any atom is 0.156 e. The number of aliphatic imine (C=N–C) groups is 1. The average Bonchev–Trinajstić information content (AvgIpc) is 3.16. The highest BCUT2D eigenvalue weighted by Gasteiger charge is 2.33. The Hall–Kier alpha value is -2.54. The standard InChI is InChI=1S/C22H29N7/c1-15-20(28-11-7-22(2,14-23)8-12-28)27-17-13-25-21(19(17)26-15)29-10-4-5-16-18(29)6-3-9-24-16/h3,6,9H,4-5,7-8,10-14,23H2,1-2H3. The zero-order valence-corrected chi connectivity index (χ0v) is 17.4. The quantitative estimate of drug-likeness (QED) is 0.847. The number of nitrogens with two attached hydrogens (primary N) is 1. The zero-order chi connectivity index (χ0) is 20.0. The second kappa shape index (κ2) is 7.06. The number of amidine groups is 1. The van der Waals surface area contributed by atoms with Crippen LogP contribution in [-0.2, 0) is 13.0 Å². The van der Waals surface area contributed by atoms with E-state index >= 15 is 0 Å². The number of aromatic nitrogens is 3. The summed E-state index contributed by atoms with van der Waals surface area (Å²) in [5, 5.41) is 0. The molecule has 3 aliphatic heterocycles. The molecule has 7 heteroatoms. The van der Waals surface area contributed by atoms with E-state index in [9.17, 15) is 0 Å². The Labute approximate surface area is 172 Å². The van der Waals surface area contributed by atoms with Crippen molar-refractivity contribution in [2.45, 2.75) is 46.1 Å². The smallest absolute Gasteiger partial charge is 0.156 e. The molecule has 0 atom stereocenters. The summed E-state index contributed by atoms with van der Waals surface area (Å²) in [6.07, 6.45) is 6.17. The molecular weight excluding hydrogens is 362 g/mol. The van der Waals surface area contributed by atoms with Gasteiger partial charge in [0, 0.05) is 25.8 Å². The Morgan fingerprint density at radius 1 is 1.14 bits per heavy atom. The number of piperidine rings is 1. The van der Waals surface area contributed by atoms with E-state index in [0.29, 0.717) is 6.54 Å². The van der Waals surface area contributed by atoms with Crippen molar-refractivity contribution < 1.29 is 0 Å². The fraction of sp³-hybridized carbons (Fsp3) is 0.545. The number of nitrogens with zero attached hydrogens (tertiary/aromatic N) is 6. The molecule has 7 nitrogen and oxygen atoms in total. The van der Waals surface area contributed by atoms with Gasteiger partial charge in [-0.25, -0.2) is 9.97 Å². The molecule has 0 spiro atoms. The first-order valence-electron chi connectivity index (χ1n) is 10.7. The van der Waals surface area contributed by atoms with Crippen LogP contribution in [0.4, 0.5) is 11.5 Å². The van der Waals surface area contributed by atoms with Crippen molar-refractivity contribution in [3.8, 4) is 0 Å². The lowest BCUT2D eigenvalue weighted by Crippen LogP contribution is -2.43. The van der Waals surface area contributed by atoms with Crippen molar-refractivity contribution in [3.05, 3.63) is 41.1 Å². The molecule has 0 amide bonds. The van der Waals surface area contributed by atoms with Crippen molar-refractivity contribution in [2.24, 2.45) is 16.1 Å². The summed E-state index contributed by atoms with van der Waals surface area (Å²) in [4.78, 5) is 24.1. The summed E-state index contributed by atoms with van der Waals surface area (Å²) in [6.45, 7) is 8.63. The van der Waals surface area contributed by atoms with Gasteiger partial charge in [-0.05, 0) is 56.7 Å². The maximum absolute atomic E-state index is 5.97. The molecule has 0 saturated carbocycles. The Bertz CT molecular complexity index is 960. The van der Waals surface area contributed by atoms with Crippen molar-refractivity contribution in [2.75, 3.05) is 36.0 Å². The Balaban J connectivity index is 1.43. The van der Waals surface area contributed by atoms with Crippen LogP contribution in [0.25, 0.3) is 0 Å². The van der Waals surface area contributed by atoms with Gasteiger partial charge in [0.05, 0.1) is 29.3 Å². The third-order valence-electron chi connectivity index (χ3n) is 6.68. The van der Waals surface area contributed by atoms with Gasteiger partial charge in [0.1, 0.15) is 11.5 Å². The molecular formula is C22H29N7. The Kier molecular flexibility index (Phi) is 4.50. The van der Waals surface area contributed by atoms with Gasteiger partial charge in [0.25, 0.3) is 0 Å². The predicted molar refractivity (Wildman–Crippen MR) is 116 cm³/mol. The van der Waals surface area contributed by atoms with Gasteiger partial charge in [-0.3, -0.25) is 9.98 Å². The van der Waals surface area contributed by atoms with E-state index in [-0.39, 0.29) is 5.41 Å². The van der Waals surface area contributed by atoms with E-state index in [4.69, 9.17) is 20.7 Å². The lowest BCUT2D eigenvalue weighted by atomic mass is 9.80. The second-order valence-corrected chi connectivity index (χ2v) is 8.79. The molecule has 0 aromatic carbocycles. The van der Waals surface area contributed by atoms with Crippen LogP contribution in [0.3, 0.4) is 0 Å². The predicted octanol–water partition coefficient (Wildman–Crippen LogP) is 2.46. The molecule has 1 saturated heterocycles. The molecule has 3 aliphatic rings. The molecule has 5 heterocycles. The SMILES string of the molecule is Cc1nc2c(nc1N1CCC(C)(CN)CC1)CN=C2N1CCCc2ncccc21. The molecule has 2 aromatic heterocycles. The Morgan fingerprint density at radius 2 is 1.97 bits per heavy atom. The van der Waals surface area contributed by atoms with Gasteiger partial charge < -0.3 is 15.5 Å². The molecule has 0 unspecified atom stereocenters. The number of fused-ring (bicyclic) bond motifs is 2. The Morgan fingerprint density at radius 3 is 2.76 bits per heavy atom. The van der Waals surface area contributed by atoms with Crippen LogP contribution >= 0.6 is 0 Å². The van der Waals surface area contributed by atoms with Gasteiger partial charge in [0.15, 0.2) is 5.84 Å². The van der Waals surface area contributed by atoms with Crippen molar-refractivity contribution in [1.82, 2.24) is 15.0 Å². The first-order chi connectivity index (χ1) is 14.1. The summed E-state index contributed by atoms with van der Waals surface area (Å²) in [5.41, 5.74) is 11.4. The molecule has 0 radical (unpaired) electrons. The first kappa shape index (κ1) is 18.5. The van der Waals surface area contributed by atoms with Crippen molar-refractivity contribution in [3.63, 3.8) is 0 Å². The molecule has 2 N–H and O–H groups in total. The minimum absolute atomic E-state index is 0.251. The zero-order valence-electron chi connectivity index (χ0n) is 17.4. The highest BCUT2D eigenvalue weighted by atomic mass is 15.3. The van der Waals surface area contributed by atoms with Crippen LogP contribution in [-0.4, -0.2) is 47.0 Å². The monoisotopic (exact) mass is 391 g/mol. The lowest BCUT2D eigenvalue weighted by molar-refractivity contribution is 0.257. The number of hydrogen-bond acceptors (Lipinski definition) is 7. The molecule has 152 valence electrons. The van der Waals surface area contributed by atoms with E-state index < -0.39 is 0 Å². The second-order valence-electron chi connectivity index (χ2n) is 8.79. The van der Waals surface area contributed by atoms with Gasteiger partial charge in [-0.15, -0.1) is 0 Å². The summed E-state index contributed by atoms with van der Waals surface area (Å²) in [7, 11) is 0. The molecule has 2 aromatic rings. The summed E-state index contributed by atoms with van der Waals surface area (Å²) >= 11 is 0. The summed E-state index contributed by atoms with van der Waals surface area (Å²) in [5.74, 6) is 1.96. The molecule has 1 fully saturated rings. The number of aryl methyl sites for hydroxylation is 2. The highest BCUT2D eigenvalue weighted by molar-refractivity contribution is 6.11. The van der Waals surface area contributed by atoms with Crippen LogP contribution in [0.1, 0.15) is 49.0 Å². The minimum atomic E-state index is 0.251. The normalized spacial score (nSPS) is 20.3. The summed E-state index contributed by atoms with van der Waals surface area (Å²) in [6, 6.07) is 4.14. The van der Waals surface area contributed by atoms with E-state index in [1.54, 1.807) is 0 Å². The van der Waals surface area contributed by atoms with Gasteiger partial charge in [-0.2, -0.15) is 0 Å². The lowest BCUT2D eigenvalue weighted by Gasteiger charge is -2.39. The first-order valence-corrected chi connectivity index (χ1v) is 10.7. The van der Waals surface area contributed by atoms with E-state index in [1.807, 2.05) is 12.3 Å². The van der Waals surface area contributed by atoms with Gasteiger partial charge >= 0.3 is 0 Å².